The van der Waals surface area contributed by atoms with Crippen molar-refractivity contribution in [2.75, 3.05) is 24.6 Å². The van der Waals surface area contributed by atoms with Gasteiger partial charge in [0, 0.05) is 30.2 Å². The van der Waals surface area contributed by atoms with Gasteiger partial charge in [0.25, 0.3) is 5.69 Å². The van der Waals surface area contributed by atoms with Gasteiger partial charge in [-0.1, -0.05) is 18.2 Å². The first-order valence-corrected chi connectivity index (χ1v) is 8.19. The van der Waals surface area contributed by atoms with Gasteiger partial charge in [-0.05, 0) is 31.9 Å². The van der Waals surface area contributed by atoms with E-state index in [1.165, 1.54) is 0 Å². The van der Waals surface area contributed by atoms with E-state index in [9.17, 15) is 14.9 Å². The molecule has 0 saturated carbocycles. The quantitative estimate of drug-likeness (QED) is 0.488. The Labute approximate surface area is 140 Å². The van der Waals surface area contributed by atoms with Crippen molar-refractivity contribution < 1.29 is 14.5 Å². The van der Waals surface area contributed by atoms with Crippen LogP contribution in [0.15, 0.2) is 36.4 Å². The second kappa shape index (κ2) is 6.86. The molecule has 0 radical (unpaired) electrons. The lowest BCUT2D eigenvalue weighted by Crippen LogP contribution is -2.39. The molecule has 1 heterocycles. The minimum Gasteiger partial charge on any atom is -0.466 e. The summed E-state index contributed by atoms with van der Waals surface area (Å²) >= 11 is 0. The number of carbonyl (C=O) groups is 1. The molecule has 1 atom stereocenters. The number of hydrogen-bond acceptors (Lipinski definition) is 5. The molecule has 0 amide bonds. The minimum atomic E-state index is -0.357. The van der Waals surface area contributed by atoms with Gasteiger partial charge in [-0.3, -0.25) is 14.9 Å². The molecule has 126 valence electrons. The third kappa shape index (κ3) is 3.04. The fourth-order valence-corrected chi connectivity index (χ4v) is 3.35. The van der Waals surface area contributed by atoms with Crippen molar-refractivity contribution in [3.8, 4) is 0 Å². The zero-order chi connectivity index (χ0) is 17.1. The molecule has 3 rings (SSSR count). The van der Waals surface area contributed by atoms with E-state index in [0.717, 1.165) is 30.5 Å². The van der Waals surface area contributed by atoms with Crippen LogP contribution in [0.2, 0.25) is 0 Å². The van der Waals surface area contributed by atoms with Crippen LogP contribution in [0.3, 0.4) is 0 Å². The van der Waals surface area contributed by atoms with Crippen molar-refractivity contribution in [2.24, 2.45) is 5.92 Å². The second-order valence-electron chi connectivity index (χ2n) is 5.94. The van der Waals surface area contributed by atoms with E-state index < -0.39 is 0 Å². The minimum absolute atomic E-state index is 0.105. The number of fused-ring (bicyclic) bond motifs is 1. The van der Waals surface area contributed by atoms with Gasteiger partial charge in [-0.2, -0.15) is 0 Å². The Kier molecular flexibility index (Phi) is 4.64. The average molecular weight is 328 g/mol. The molecule has 24 heavy (non-hydrogen) atoms. The molecule has 2 aromatic rings. The molecule has 1 fully saturated rings. The second-order valence-corrected chi connectivity index (χ2v) is 5.94. The maximum absolute atomic E-state index is 12.0. The van der Waals surface area contributed by atoms with E-state index in [2.05, 4.69) is 4.90 Å². The Morgan fingerprint density at radius 3 is 2.75 bits per heavy atom. The highest BCUT2D eigenvalue weighted by molar-refractivity contribution is 6.00. The molecule has 0 aromatic heterocycles. The molecule has 1 aliphatic heterocycles. The van der Waals surface area contributed by atoms with E-state index >= 15 is 0 Å². The summed E-state index contributed by atoms with van der Waals surface area (Å²) < 4.78 is 5.15. The third-order valence-corrected chi connectivity index (χ3v) is 4.46. The van der Waals surface area contributed by atoms with Crippen LogP contribution in [0, 0.1) is 16.0 Å². The molecule has 6 nitrogen and oxygen atoms in total. The van der Waals surface area contributed by atoms with Crippen LogP contribution in [-0.2, 0) is 9.53 Å². The zero-order valence-corrected chi connectivity index (χ0v) is 13.6. The number of piperidine rings is 1. The van der Waals surface area contributed by atoms with Crippen LogP contribution in [0.4, 0.5) is 11.4 Å². The number of nitrogens with zero attached hydrogens (tertiary/aromatic N) is 2. The first-order valence-electron chi connectivity index (χ1n) is 8.19. The number of carbonyl (C=O) groups excluding carboxylic acids is 1. The monoisotopic (exact) mass is 328 g/mol. The molecule has 0 unspecified atom stereocenters. The van der Waals surface area contributed by atoms with Crippen LogP contribution in [-0.4, -0.2) is 30.6 Å². The molecule has 0 aliphatic carbocycles. The first kappa shape index (κ1) is 16.2. The molecule has 1 saturated heterocycles. The van der Waals surface area contributed by atoms with Crippen molar-refractivity contribution in [2.45, 2.75) is 19.8 Å². The lowest BCUT2D eigenvalue weighted by atomic mass is 9.96. The molecule has 2 aromatic carbocycles. The normalized spacial score (nSPS) is 17.7. The van der Waals surface area contributed by atoms with Gasteiger partial charge in [0.05, 0.1) is 22.8 Å². The predicted molar refractivity (Wildman–Crippen MR) is 92.2 cm³/mol. The number of anilines is 1. The summed E-state index contributed by atoms with van der Waals surface area (Å²) in [6.07, 6.45) is 1.72. The highest BCUT2D eigenvalue weighted by Crippen LogP contribution is 2.35. The van der Waals surface area contributed by atoms with Crippen LogP contribution < -0.4 is 4.90 Å². The number of hydrogen-bond donors (Lipinski definition) is 0. The number of non-ortho nitro benzene ring substituents is 1. The van der Waals surface area contributed by atoms with Crippen molar-refractivity contribution in [1.29, 1.82) is 0 Å². The van der Waals surface area contributed by atoms with Gasteiger partial charge in [0.1, 0.15) is 0 Å². The van der Waals surface area contributed by atoms with E-state index in [4.69, 9.17) is 4.74 Å². The number of ether oxygens (including phenoxy) is 1. The molecule has 0 spiro atoms. The molecule has 0 bridgehead atoms. The van der Waals surface area contributed by atoms with Crippen LogP contribution in [0.25, 0.3) is 10.8 Å². The standard InChI is InChI=1S/C18H20N2O4/c1-2-24-18(21)13-6-5-11-19(12-13)16-9-10-17(20(22)23)15-8-4-3-7-14(15)16/h3-4,7-10,13H,2,5-6,11-12H2,1H3/t13-/m1/s1. The number of nitro groups is 1. The Hall–Kier alpha value is -2.63. The first-order chi connectivity index (χ1) is 11.6. The summed E-state index contributed by atoms with van der Waals surface area (Å²) in [5.41, 5.74) is 1.04. The Balaban J connectivity index is 1.96. The number of nitro benzene ring substituents is 1. The maximum atomic E-state index is 12.0. The van der Waals surface area contributed by atoms with Crippen molar-refractivity contribution >= 4 is 28.1 Å². The van der Waals surface area contributed by atoms with Gasteiger partial charge < -0.3 is 9.64 Å². The summed E-state index contributed by atoms with van der Waals surface area (Å²) in [5.74, 6) is -0.305. The number of esters is 1. The van der Waals surface area contributed by atoms with Gasteiger partial charge in [0.15, 0.2) is 0 Å². The Morgan fingerprint density at radius 2 is 2.04 bits per heavy atom. The van der Waals surface area contributed by atoms with Crippen LogP contribution in [0.5, 0.6) is 0 Å². The van der Waals surface area contributed by atoms with Crippen molar-refractivity contribution in [3.63, 3.8) is 0 Å². The Bertz CT molecular complexity index is 775. The van der Waals surface area contributed by atoms with Crippen molar-refractivity contribution in [1.82, 2.24) is 0 Å². The zero-order valence-electron chi connectivity index (χ0n) is 13.6. The fraction of sp³-hybridized carbons (Fsp3) is 0.389. The highest BCUT2D eigenvalue weighted by Gasteiger charge is 2.28. The van der Waals surface area contributed by atoms with E-state index in [0.29, 0.717) is 18.5 Å². The number of benzene rings is 2. The molecular formula is C18H20N2O4. The summed E-state index contributed by atoms with van der Waals surface area (Å²) in [6.45, 7) is 3.61. The van der Waals surface area contributed by atoms with E-state index in [1.54, 1.807) is 24.3 Å². The predicted octanol–water partition coefficient (Wildman–Crippen LogP) is 3.53. The van der Waals surface area contributed by atoms with E-state index in [-0.39, 0.29) is 22.5 Å². The topological polar surface area (TPSA) is 72.7 Å². The summed E-state index contributed by atoms with van der Waals surface area (Å²) in [7, 11) is 0. The largest absolute Gasteiger partial charge is 0.466 e. The highest BCUT2D eigenvalue weighted by atomic mass is 16.6. The van der Waals surface area contributed by atoms with Crippen LogP contribution >= 0.6 is 0 Å². The molecule has 1 aliphatic rings. The summed E-state index contributed by atoms with van der Waals surface area (Å²) in [6, 6.07) is 10.7. The third-order valence-electron chi connectivity index (χ3n) is 4.46. The summed E-state index contributed by atoms with van der Waals surface area (Å²) in [4.78, 5) is 25.1. The van der Waals surface area contributed by atoms with Gasteiger partial charge >= 0.3 is 5.97 Å². The summed E-state index contributed by atoms with van der Waals surface area (Å²) in [5, 5.41) is 12.7. The molecule has 0 N–H and O–H groups in total. The average Bonchev–Trinajstić information content (AvgIpc) is 2.61. The van der Waals surface area contributed by atoms with Gasteiger partial charge in [-0.15, -0.1) is 0 Å². The fourth-order valence-electron chi connectivity index (χ4n) is 3.35. The molecule has 6 heteroatoms. The maximum Gasteiger partial charge on any atom is 0.310 e. The van der Waals surface area contributed by atoms with Crippen molar-refractivity contribution in [3.05, 3.63) is 46.5 Å². The molecular weight excluding hydrogens is 308 g/mol. The lowest BCUT2D eigenvalue weighted by Gasteiger charge is -2.34. The van der Waals surface area contributed by atoms with Gasteiger partial charge in [0.2, 0.25) is 0 Å². The SMILES string of the molecule is CCOC(=O)[C@@H]1CCCN(c2ccc([N+](=O)[O-])c3ccccc23)C1. The van der Waals surface area contributed by atoms with Gasteiger partial charge in [-0.25, -0.2) is 0 Å². The lowest BCUT2D eigenvalue weighted by molar-refractivity contribution is -0.383. The Morgan fingerprint density at radius 1 is 1.29 bits per heavy atom. The smallest absolute Gasteiger partial charge is 0.310 e. The van der Waals surface area contributed by atoms with E-state index in [1.807, 2.05) is 19.1 Å². The number of rotatable bonds is 4. The van der Waals surface area contributed by atoms with Crippen LogP contribution in [0.1, 0.15) is 19.8 Å².